The van der Waals surface area contributed by atoms with E-state index in [4.69, 9.17) is 4.74 Å². The van der Waals surface area contributed by atoms with Gasteiger partial charge < -0.3 is 19.9 Å². The molecule has 6 nitrogen and oxygen atoms in total. The van der Waals surface area contributed by atoms with Crippen molar-refractivity contribution in [3.63, 3.8) is 0 Å². The van der Waals surface area contributed by atoms with Crippen molar-refractivity contribution in [2.24, 2.45) is 0 Å². The van der Waals surface area contributed by atoms with Gasteiger partial charge in [-0.1, -0.05) is 74.4 Å². The topological polar surface area (TPSA) is 99.6 Å². The molecular formula is C30H31NO5. The van der Waals surface area contributed by atoms with Crippen molar-refractivity contribution in [2.75, 3.05) is 6.61 Å². The molecule has 4 aromatic rings. The van der Waals surface area contributed by atoms with Crippen LogP contribution < -0.4 is 4.74 Å². The Balaban J connectivity index is 1.59. The van der Waals surface area contributed by atoms with E-state index in [2.05, 4.69) is 11.9 Å². The Morgan fingerprint density at radius 2 is 1.67 bits per heavy atom. The summed E-state index contributed by atoms with van der Waals surface area (Å²) in [6, 6.07) is 19.6. The Kier molecular flexibility index (Phi) is 8.06. The van der Waals surface area contributed by atoms with E-state index in [0.29, 0.717) is 42.5 Å². The van der Waals surface area contributed by atoms with Crippen molar-refractivity contribution in [1.29, 1.82) is 0 Å². The quantitative estimate of drug-likeness (QED) is 0.147. The zero-order chi connectivity index (χ0) is 25.5. The first-order chi connectivity index (χ1) is 17.5. The Morgan fingerprint density at radius 1 is 0.917 bits per heavy atom. The fourth-order valence-electron chi connectivity index (χ4n) is 4.74. The summed E-state index contributed by atoms with van der Waals surface area (Å²) < 4.78 is 6.06. The molecule has 0 saturated heterocycles. The Hall–Kier alpha value is -4.06. The molecule has 0 aliphatic rings. The van der Waals surface area contributed by atoms with Crippen LogP contribution in [0.15, 0.2) is 66.7 Å². The molecule has 36 heavy (non-hydrogen) atoms. The minimum Gasteiger partial charge on any atom is -0.493 e. The summed E-state index contributed by atoms with van der Waals surface area (Å²) in [4.78, 5) is 26.7. The van der Waals surface area contributed by atoms with Gasteiger partial charge in [0.1, 0.15) is 11.4 Å². The number of unbranched alkanes of at least 4 members (excludes halogenated alkanes) is 2. The normalized spacial score (nSPS) is 11.8. The fourth-order valence-corrected chi connectivity index (χ4v) is 4.74. The number of carboxylic acid groups (broad SMARTS) is 2. The number of aryl methyl sites for hydroxylation is 1. The number of aliphatic carboxylic acids is 1. The molecule has 1 heterocycles. The summed E-state index contributed by atoms with van der Waals surface area (Å²) >= 11 is 0. The summed E-state index contributed by atoms with van der Waals surface area (Å²) in [5, 5.41) is 22.3. The van der Waals surface area contributed by atoms with Gasteiger partial charge in [-0.15, -0.1) is 0 Å². The summed E-state index contributed by atoms with van der Waals surface area (Å²) in [5.74, 6) is -1.23. The number of aromatic carboxylic acids is 1. The van der Waals surface area contributed by atoms with Crippen molar-refractivity contribution in [3.8, 4) is 5.75 Å². The van der Waals surface area contributed by atoms with E-state index in [9.17, 15) is 19.8 Å². The number of para-hydroxylation sites is 1. The van der Waals surface area contributed by atoms with Gasteiger partial charge in [-0.2, -0.15) is 0 Å². The lowest BCUT2D eigenvalue weighted by Crippen LogP contribution is -2.04. The first-order valence-corrected chi connectivity index (χ1v) is 12.4. The molecule has 3 N–H and O–H groups in total. The number of aromatic nitrogens is 1. The van der Waals surface area contributed by atoms with Crippen LogP contribution >= 0.6 is 0 Å². The highest BCUT2D eigenvalue weighted by atomic mass is 16.5. The number of carboxylic acids is 2. The SMILES string of the molecule is CCCCC/C(=C/C(=O)O)c1cccc2c(CCCOc3cccc4ccccc34)c(C(=O)O)[nH]c12. The standard InChI is InChI=1S/C30H31NO5/c1-2-3-4-11-21(19-27(32)33)23-14-8-15-24-25(29(30(34)35)31-28(23)24)16-9-18-36-26-17-7-12-20-10-5-6-13-22(20)26/h5-8,10,12-15,17,19,31H,2-4,9,11,16,18H2,1H3,(H,32,33)(H,34,35)/b21-19-. The number of allylic oxidation sites excluding steroid dienone is 1. The van der Waals surface area contributed by atoms with Crippen LogP contribution in [-0.2, 0) is 11.2 Å². The van der Waals surface area contributed by atoms with E-state index >= 15 is 0 Å². The van der Waals surface area contributed by atoms with Crippen molar-refractivity contribution in [1.82, 2.24) is 4.98 Å². The van der Waals surface area contributed by atoms with Crippen molar-refractivity contribution in [2.45, 2.75) is 45.4 Å². The summed E-state index contributed by atoms with van der Waals surface area (Å²) in [6.07, 6.45) is 5.91. The lowest BCUT2D eigenvalue weighted by molar-refractivity contribution is -0.131. The second kappa shape index (κ2) is 11.6. The van der Waals surface area contributed by atoms with Crippen LogP contribution in [0.1, 0.15) is 60.6 Å². The van der Waals surface area contributed by atoms with Gasteiger partial charge in [0.15, 0.2) is 0 Å². The first-order valence-electron chi connectivity index (χ1n) is 12.4. The van der Waals surface area contributed by atoms with Crippen LogP contribution in [0.25, 0.3) is 27.2 Å². The molecule has 0 aliphatic carbocycles. The second-order valence-corrected chi connectivity index (χ2v) is 8.91. The number of nitrogens with one attached hydrogen (secondary N) is 1. The number of ether oxygens (including phenoxy) is 1. The van der Waals surface area contributed by atoms with Crippen LogP contribution in [0.4, 0.5) is 0 Å². The van der Waals surface area contributed by atoms with E-state index in [0.717, 1.165) is 46.7 Å². The average Bonchev–Trinajstić information content (AvgIpc) is 3.25. The highest BCUT2D eigenvalue weighted by molar-refractivity contribution is 6.03. The molecule has 4 rings (SSSR count). The maximum Gasteiger partial charge on any atom is 0.352 e. The Bertz CT molecular complexity index is 1410. The number of carbonyl (C=O) groups is 2. The number of aromatic amines is 1. The predicted molar refractivity (Wildman–Crippen MR) is 143 cm³/mol. The third-order valence-corrected chi connectivity index (χ3v) is 6.43. The van der Waals surface area contributed by atoms with Crippen LogP contribution in [0.5, 0.6) is 5.75 Å². The van der Waals surface area contributed by atoms with Crippen molar-refractivity contribution >= 4 is 39.2 Å². The van der Waals surface area contributed by atoms with Gasteiger partial charge in [-0.25, -0.2) is 9.59 Å². The minimum atomic E-state index is -1.03. The highest BCUT2D eigenvalue weighted by Crippen LogP contribution is 2.33. The summed E-state index contributed by atoms with van der Waals surface area (Å²) in [7, 11) is 0. The monoisotopic (exact) mass is 485 g/mol. The molecule has 3 aromatic carbocycles. The number of hydrogen-bond acceptors (Lipinski definition) is 3. The molecule has 0 amide bonds. The average molecular weight is 486 g/mol. The molecule has 0 saturated carbocycles. The number of rotatable bonds is 12. The van der Waals surface area contributed by atoms with Gasteiger partial charge in [0.25, 0.3) is 0 Å². The number of fused-ring (bicyclic) bond motifs is 2. The van der Waals surface area contributed by atoms with Crippen LogP contribution in [0, 0.1) is 0 Å². The van der Waals surface area contributed by atoms with Gasteiger partial charge in [0.05, 0.1) is 12.1 Å². The minimum absolute atomic E-state index is 0.144. The molecule has 0 bridgehead atoms. The number of hydrogen-bond donors (Lipinski definition) is 3. The van der Waals surface area contributed by atoms with Gasteiger partial charge >= 0.3 is 11.9 Å². The first kappa shape index (κ1) is 25.0. The van der Waals surface area contributed by atoms with E-state index < -0.39 is 11.9 Å². The lowest BCUT2D eigenvalue weighted by Gasteiger charge is -2.10. The molecule has 0 aliphatic heterocycles. The van der Waals surface area contributed by atoms with Gasteiger partial charge in [-0.05, 0) is 48.3 Å². The van der Waals surface area contributed by atoms with E-state index in [1.165, 1.54) is 6.08 Å². The largest absolute Gasteiger partial charge is 0.493 e. The molecule has 0 unspecified atom stereocenters. The summed E-state index contributed by atoms with van der Waals surface area (Å²) in [6.45, 7) is 2.54. The molecule has 0 atom stereocenters. The van der Waals surface area contributed by atoms with Gasteiger partial charge in [-0.3, -0.25) is 0 Å². The molecule has 0 fully saturated rings. The maximum atomic E-state index is 12.1. The Morgan fingerprint density at radius 3 is 2.44 bits per heavy atom. The lowest BCUT2D eigenvalue weighted by atomic mass is 9.96. The number of H-pyrrole nitrogens is 1. The van der Waals surface area contributed by atoms with Gasteiger partial charge in [0.2, 0.25) is 0 Å². The van der Waals surface area contributed by atoms with Crippen molar-refractivity contribution in [3.05, 3.63) is 83.6 Å². The fraction of sp³-hybridized carbons (Fsp3) is 0.267. The van der Waals surface area contributed by atoms with E-state index in [1.54, 1.807) is 0 Å². The Labute approximate surface area is 210 Å². The molecular weight excluding hydrogens is 454 g/mol. The zero-order valence-corrected chi connectivity index (χ0v) is 20.4. The van der Waals surface area contributed by atoms with Crippen molar-refractivity contribution < 1.29 is 24.5 Å². The number of benzene rings is 3. The molecule has 1 aromatic heterocycles. The summed E-state index contributed by atoms with van der Waals surface area (Å²) in [5.41, 5.74) is 2.97. The van der Waals surface area contributed by atoms with Crippen LogP contribution in [-0.4, -0.2) is 33.7 Å². The third kappa shape index (κ3) is 5.60. The van der Waals surface area contributed by atoms with Crippen LogP contribution in [0.3, 0.4) is 0 Å². The second-order valence-electron chi connectivity index (χ2n) is 8.91. The van der Waals surface area contributed by atoms with Crippen LogP contribution in [0.2, 0.25) is 0 Å². The highest BCUT2D eigenvalue weighted by Gasteiger charge is 2.20. The molecule has 186 valence electrons. The molecule has 6 heteroatoms. The zero-order valence-electron chi connectivity index (χ0n) is 20.4. The maximum absolute atomic E-state index is 12.1. The molecule has 0 radical (unpaired) electrons. The molecule has 0 spiro atoms. The third-order valence-electron chi connectivity index (χ3n) is 6.43. The van der Waals surface area contributed by atoms with Gasteiger partial charge in [0, 0.05) is 22.4 Å². The predicted octanol–water partition coefficient (Wildman–Crippen LogP) is 7.08. The van der Waals surface area contributed by atoms with E-state index in [-0.39, 0.29) is 5.69 Å². The smallest absolute Gasteiger partial charge is 0.352 e. The van der Waals surface area contributed by atoms with E-state index in [1.807, 2.05) is 60.7 Å².